The van der Waals surface area contributed by atoms with E-state index in [1.54, 1.807) is 12.1 Å². The minimum absolute atomic E-state index is 0.0133. The van der Waals surface area contributed by atoms with Gasteiger partial charge in [-0.3, -0.25) is 4.79 Å². The molecule has 3 nitrogen and oxygen atoms in total. The van der Waals surface area contributed by atoms with E-state index in [0.29, 0.717) is 0 Å². The van der Waals surface area contributed by atoms with Gasteiger partial charge in [-0.2, -0.15) is 0 Å². The van der Waals surface area contributed by atoms with Crippen LogP contribution in [0.2, 0.25) is 0 Å². The summed E-state index contributed by atoms with van der Waals surface area (Å²) >= 11 is 0. The summed E-state index contributed by atoms with van der Waals surface area (Å²) in [6.45, 7) is 1.21. The number of rotatable bonds is 0. The second kappa shape index (κ2) is 2.85. The van der Waals surface area contributed by atoms with E-state index in [2.05, 4.69) is 0 Å². The van der Waals surface area contributed by atoms with Crippen LogP contribution >= 0.6 is 0 Å². The summed E-state index contributed by atoms with van der Waals surface area (Å²) in [5.74, 6) is -4.90. The number of benzene rings is 1. The largest absolute Gasteiger partial charge is 0.362 e. The lowest BCUT2D eigenvalue weighted by atomic mass is 9.92. The van der Waals surface area contributed by atoms with Crippen LogP contribution in [0.5, 0.6) is 0 Å². The molecule has 2 atom stereocenters. The van der Waals surface area contributed by atoms with Gasteiger partial charge in [-0.05, 0) is 6.07 Å². The maximum atomic E-state index is 14.1. The molecule has 1 amide bonds. The van der Waals surface area contributed by atoms with E-state index in [-0.39, 0.29) is 17.7 Å². The lowest BCUT2D eigenvalue weighted by Gasteiger charge is -2.32. The molecule has 2 unspecified atom stereocenters. The number of hydrogen-bond donors (Lipinski definition) is 1. The fraction of sp³-hybridized carbons (Fsp3) is 0.417. The van der Waals surface area contributed by atoms with E-state index >= 15 is 0 Å². The van der Waals surface area contributed by atoms with Gasteiger partial charge in [0.25, 0.3) is 5.91 Å². The number of alkyl halides is 2. The molecule has 2 aliphatic heterocycles. The second-order valence-corrected chi connectivity index (χ2v) is 4.66. The lowest BCUT2D eigenvalue weighted by Crippen LogP contribution is -2.49. The molecule has 3 rings (SSSR count). The van der Waals surface area contributed by atoms with Gasteiger partial charge in [0.05, 0.1) is 0 Å². The van der Waals surface area contributed by atoms with E-state index in [1.807, 2.05) is 0 Å². The average Bonchev–Trinajstić information content (AvgIpc) is 2.63. The third-order valence-corrected chi connectivity index (χ3v) is 3.71. The highest BCUT2D eigenvalue weighted by atomic mass is 19.3. The standard InChI is InChI=1S/C12H11F2NO2/c1-7-6-15-10(16)8-4-2-3-5-9(8)12(15,17)11(7,13)14/h2-5,7,17H,6H2,1H3. The van der Waals surface area contributed by atoms with E-state index in [4.69, 9.17) is 0 Å². The minimum atomic E-state index is -3.32. The summed E-state index contributed by atoms with van der Waals surface area (Å²) < 4.78 is 28.2. The monoisotopic (exact) mass is 239 g/mol. The van der Waals surface area contributed by atoms with Crippen LogP contribution in [0, 0.1) is 5.92 Å². The van der Waals surface area contributed by atoms with Crippen molar-refractivity contribution < 1.29 is 18.7 Å². The normalized spacial score (nSPS) is 33.8. The van der Waals surface area contributed by atoms with Crippen molar-refractivity contribution in [1.82, 2.24) is 4.90 Å². The number of aliphatic hydroxyl groups is 1. The van der Waals surface area contributed by atoms with Crippen LogP contribution in [0.1, 0.15) is 22.8 Å². The fourth-order valence-electron chi connectivity index (χ4n) is 2.72. The zero-order valence-corrected chi connectivity index (χ0v) is 9.15. The number of halogens is 2. The molecule has 0 aromatic heterocycles. The Labute approximate surface area is 96.7 Å². The molecule has 1 N–H and O–H groups in total. The molecule has 0 bridgehead atoms. The SMILES string of the molecule is CC1CN2C(=O)c3ccccc3C2(O)C1(F)F. The van der Waals surface area contributed by atoms with E-state index < -0.39 is 23.5 Å². The molecule has 1 fully saturated rings. The van der Waals surface area contributed by atoms with Gasteiger partial charge in [0, 0.05) is 23.6 Å². The molecule has 0 saturated carbocycles. The summed E-state index contributed by atoms with van der Waals surface area (Å²) in [6, 6.07) is 6.00. The molecule has 2 heterocycles. The molecule has 5 heteroatoms. The second-order valence-electron chi connectivity index (χ2n) is 4.66. The molecule has 1 aromatic carbocycles. The predicted molar refractivity (Wildman–Crippen MR) is 55.5 cm³/mol. The molecule has 0 radical (unpaired) electrons. The minimum Gasteiger partial charge on any atom is -0.362 e. The molecular weight excluding hydrogens is 228 g/mol. The first-order valence-corrected chi connectivity index (χ1v) is 5.42. The van der Waals surface area contributed by atoms with Crippen molar-refractivity contribution in [2.24, 2.45) is 5.92 Å². The average molecular weight is 239 g/mol. The Bertz CT molecular complexity index is 517. The maximum Gasteiger partial charge on any atom is 0.303 e. The summed E-state index contributed by atoms with van der Waals surface area (Å²) in [4.78, 5) is 12.8. The maximum absolute atomic E-state index is 14.1. The molecule has 0 aliphatic carbocycles. The highest BCUT2D eigenvalue weighted by Crippen LogP contribution is 2.55. The summed E-state index contributed by atoms with van der Waals surface area (Å²) in [7, 11) is 0. The van der Waals surface area contributed by atoms with Crippen LogP contribution in [0.15, 0.2) is 24.3 Å². The van der Waals surface area contributed by atoms with Gasteiger partial charge in [0.15, 0.2) is 0 Å². The van der Waals surface area contributed by atoms with Crippen molar-refractivity contribution in [2.45, 2.75) is 18.6 Å². The summed E-state index contributed by atoms with van der Waals surface area (Å²) in [6.07, 6.45) is 0. The molecule has 17 heavy (non-hydrogen) atoms. The van der Waals surface area contributed by atoms with E-state index in [9.17, 15) is 18.7 Å². The molecule has 0 spiro atoms. The van der Waals surface area contributed by atoms with Gasteiger partial charge in [0.2, 0.25) is 5.72 Å². The Morgan fingerprint density at radius 2 is 2.06 bits per heavy atom. The van der Waals surface area contributed by atoms with Crippen molar-refractivity contribution in [3.8, 4) is 0 Å². The fourth-order valence-corrected chi connectivity index (χ4v) is 2.72. The molecule has 90 valence electrons. The van der Waals surface area contributed by atoms with Crippen molar-refractivity contribution >= 4 is 5.91 Å². The number of carbonyl (C=O) groups is 1. The Morgan fingerprint density at radius 3 is 2.76 bits per heavy atom. The third kappa shape index (κ3) is 0.965. The first kappa shape index (κ1) is 10.7. The van der Waals surface area contributed by atoms with Gasteiger partial charge in [-0.25, -0.2) is 8.78 Å². The third-order valence-electron chi connectivity index (χ3n) is 3.71. The van der Waals surface area contributed by atoms with Crippen LogP contribution in [0.25, 0.3) is 0 Å². The Hall–Kier alpha value is -1.49. The summed E-state index contributed by atoms with van der Waals surface area (Å²) in [5, 5.41) is 10.3. The summed E-state index contributed by atoms with van der Waals surface area (Å²) in [5.41, 5.74) is -2.29. The Balaban J connectivity index is 2.29. The number of nitrogens with zero attached hydrogens (tertiary/aromatic N) is 1. The highest BCUT2D eigenvalue weighted by molar-refractivity contribution is 6.00. The lowest BCUT2D eigenvalue weighted by molar-refractivity contribution is -0.219. The molecule has 2 aliphatic rings. The van der Waals surface area contributed by atoms with Crippen LogP contribution in [0.4, 0.5) is 8.78 Å². The number of hydrogen-bond acceptors (Lipinski definition) is 2. The van der Waals surface area contributed by atoms with Gasteiger partial charge in [0.1, 0.15) is 0 Å². The number of amides is 1. The zero-order chi connectivity index (χ0) is 12.4. The van der Waals surface area contributed by atoms with Crippen LogP contribution in [0.3, 0.4) is 0 Å². The zero-order valence-electron chi connectivity index (χ0n) is 9.15. The van der Waals surface area contributed by atoms with Gasteiger partial charge in [-0.1, -0.05) is 25.1 Å². The van der Waals surface area contributed by atoms with Crippen LogP contribution < -0.4 is 0 Å². The molecule has 1 saturated heterocycles. The van der Waals surface area contributed by atoms with Gasteiger partial charge < -0.3 is 10.0 Å². The van der Waals surface area contributed by atoms with Crippen LogP contribution in [-0.4, -0.2) is 28.4 Å². The van der Waals surface area contributed by atoms with Crippen molar-refractivity contribution in [3.05, 3.63) is 35.4 Å². The first-order valence-electron chi connectivity index (χ1n) is 5.42. The molecular formula is C12H11F2NO2. The van der Waals surface area contributed by atoms with Crippen molar-refractivity contribution in [3.63, 3.8) is 0 Å². The predicted octanol–water partition coefficient (Wildman–Crippen LogP) is 1.57. The Kier molecular flexibility index (Phi) is 1.78. The van der Waals surface area contributed by atoms with E-state index in [1.165, 1.54) is 19.1 Å². The van der Waals surface area contributed by atoms with Crippen molar-refractivity contribution in [2.75, 3.05) is 6.54 Å². The van der Waals surface area contributed by atoms with Crippen molar-refractivity contribution in [1.29, 1.82) is 0 Å². The van der Waals surface area contributed by atoms with Gasteiger partial charge >= 0.3 is 5.92 Å². The Morgan fingerprint density at radius 1 is 1.41 bits per heavy atom. The van der Waals surface area contributed by atoms with Crippen LogP contribution in [-0.2, 0) is 5.72 Å². The number of carbonyl (C=O) groups excluding carboxylic acids is 1. The number of fused-ring (bicyclic) bond motifs is 3. The highest BCUT2D eigenvalue weighted by Gasteiger charge is 2.71. The van der Waals surface area contributed by atoms with E-state index in [0.717, 1.165) is 4.90 Å². The molecule has 1 aromatic rings. The quantitative estimate of drug-likeness (QED) is 0.746. The first-order chi connectivity index (χ1) is 7.90. The topological polar surface area (TPSA) is 40.5 Å². The smallest absolute Gasteiger partial charge is 0.303 e. The van der Waals surface area contributed by atoms with Gasteiger partial charge in [-0.15, -0.1) is 0 Å².